The number of benzene rings is 2. The minimum absolute atomic E-state index is 0.116. The van der Waals surface area contributed by atoms with Crippen molar-refractivity contribution in [2.24, 2.45) is 0 Å². The first-order valence-electron chi connectivity index (χ1n) is 12.1. The van der Waals surface area contributed by atoms with E-state index < -0.39 is 17.2 Å². The fourth-order valence-corrected chi connectivity index (χ4v) is 4.81. The molecule has 0 radical (unpaired) electrons. The third-order valence-electron chi connectivity index (χ3n) is 6.70. The van der Waals surface area contributed by atoms with Crippen LogP contribution in [0.2, 0.25) is 5.02 Å². The predicted octanol–water partition coefficient (Wildman–Crippen LogP) is 6.12. The molecule has 190 valence electrons. The van der Waals surface area contributed by atoms with Gasteiger partial charge < -0.3 is 9.64 Å². The fourth-order valence-electron chi connectivity index (χ4n) is 4.60. The standard InChI is InChI=1S/C28H30ClF2N3O2/c1-18-32-16-23(28(2,3)36-17-19-6-4-7-21(29)14-19)27(33-18)20-10-12-34(13-11-20)26(35)15-22-24(30)8-5-9-25(22)31/h4-9,14,16,20H,10-13,15,17H2,1-3H3. The third kappa shape index (κ3) is 6.08. The fraction of sp³-hybridized carbons (Fsp3) is 0.393. The predicted molar refractivity (Wildman–Crippen MR) is 135 cm³/mol. The van der Waals surface area contributed by atoms with Crippen LogP contribution in [0.3, 0.4) is 0 Å². The number of carbonyl (C=O) groups excluding carboxylic acids is 1. The molecule has 1 aliphatic rings. The van der Waals surface area contributed by atoms with E-state index in [1.165, 1.54) is 18.2 Å². The van der Waals surface area contributed by atoms with Gasteiger partial charge in [-0.15, -0.1) is 0 Å². The normalized spacial score (nSPS) is 14.8. The van der Waals surface area contributed by atoms with Crippen LogP contribution in [-0.4, -0.2) is 33.9 Å². The number of aromatic nitrogens is 2. The Kier molecular flexibility index (Phi) is 8.00. The number of amides is 1. The first-order chi connectivity index (χ1) is 17.1. The number of halogens is 3. The number of piperidine rings is 1. The van der Waals surface area contributed by atoms with Crippen molar-refractivity contribution in [2.75, 3.05) is 13.1 Å². The van der Waals surface area contributed by atoms with Gasteiger partial charge in [-0.2, -0.15) is 0 Å². The number of hydrogen-bond donors (Lipinski definition) is 0. The SMILES string of the molecule is Cc1ncc(C(C)(C)OCc2cccc(Cl)c2)c(C2CCN(C(=O)Cc3c(F)cccc3F)CC2)n1. The van der Waals surface area contributed by atoms with Crippen molar-refractivity contribution in [1.82, 2.24) is 14.9 Å². The van der Waals surface area contributed by atoms with E-state index in [0.717, 1.165) is 16.8 Å². The van der Waals surface area contributed by atoms with Crippen LogP contribution in [0.25, 0.3) is 0 Å². The third-order valence-corrected chi connectivity index (χ3v) is 6.94. The van der Waals surface area contributed by atoms with Crippen LogP contribution in [0, 0.1) is 18.6 Å². The molecule has 0 spiro atoms. The zero-order valence-corrected chi connectivity index (χ0v) is 21.5. The summed E-state index contributed by atoms with van der Waals surface area (Å²) in [6, 6.07) is 11.2. The van der Waals surface area contributed by atoms with Crippen LogP contribution in [-0.2, 0) is 28.2 Å². The molecule has 0 bridgehead atoms. The van der Waals surface area contributed by atoms with Crippen LogP contribution in [0.1, 0.15) is 60.8 Å². The topological polar surface area (TPSA) is 55.3 Å². The minimum Gasteiger partial charge on any atom is -0.366 e. The van der Waals surface area contributed by atoms with E-state index in [2.05, 4.69) is 4.98 Å². The van der Waals surface area contributed by atoms with E-state index in [0.29, 0.717) is 43.4 Å². The smallest absolute Gasteiger partial charge is 0.227 e. The zero-order valence-electron chi connectivity index (χ0n) is 20.7. The number of rotatable bonds is 7. The summed E-state index contributed by atoms with van der Waals surface area (Å²) in [6.45, 7) is 7.22. The van der Waals surface area contributed by atoms with E-state index in [9.17, 15) is 13.6 Å². The lowest BCUT2D eigenvalue weighted by molar-refractivity contribution is -0.131. The molecule has 2 aromatic carbocycles. The van der Waals surface area contributed by atoms with Crippen molar-refractivity contribution in [1.29, 1.82) is 0 Å². The number of ether oxygens (including phenoxy) is 1. The van der Waals surface area contributed by atoms with Crippen molar-refractivity contribution in [3.05, 3.63) is 93.5 Å². The molecule has 0 N–H and O–H groups in total. The van der Waals surface area contributed by atoms with Gasteiger partial charge in [-0.3, -0.25) is 4.79 Å². The van der Waals surface area contributed by atoms with Crippen molar-refractivity contribution >= 4 is 17.5 Å². The Hall–Kier alpha value is -2.90. The largest absolute Gasteiger partial charge is 0.366 e. The Morgan fingerprint density at radius 2 is 1.81 bits per heavy atom. The Morgan fingerprint density at radius 1 is 1.14 bits per heavy atom. The average molecular weight is 514 g/mol. The second-order valence-corrected chi connectivity index (χ2v) is 10.1. The van der Waals surface area contributed by atoms with E-state index in [-0.39, 0.29) is 23.8 Å². The number of hydrogen-bond acceptors (Lipinski definition) is 4. The number of likely N-dealkylation sites (tertiary alicyclic amines) is 1. The molecule has 4 rings (SSSR count). The van der Waals surface area contributed by atoms with Gasteiger partial charge in [-0.1, -0.05) is 29.8 Å². The van der Waals surface area contributed by atoms with Crippen molar-refractivity contribution in [3.63, 3.8) is 0 Å². The Morgan fingerprint density at radius 3 is 2.47 bits per heavy atom. The van der Waals surface area contributed by atoms with Gasteiger partial charge in [0.05, 0.1) is 24.3 Å². The Bertz CT molecular complexity index is 1220. The molecule has 2 heterocycles. The average Bonchev–Trinajstić information content (AvgIpc) is 2.85. The quantitative estimate of drug-likeness (QED) is 0.382. The lowest BCUT2D eigenvalue weighted by Crippen LogP contribution is -2.39. The molecule has 5 nitrogen and oxygen atoms in total. The highest BCUT2D eigenvalue weighted by Gasteiger charge is 2.32. The zero-order chi connectivity index (χ0) is 25.9. The van der Waals surface area contributed by atoms with Crippen molar-refractivity contribution in [3.8, 4) is 0 Å². The van der Waals surface area contributed by atoms with Crippen LogP contribution >= 0.6 is 11.6 Å². The maximum Gasteiger partial charge on any atom is 0.227 e. The molecule has 1 saturated heterocycles. The summed E-state index contributed by atoms with van der Waals surface area (Å²) in [6.07, 6.45) is 2.93. The summed E-state index contributed by atoms with van der Waals surface area (Å²) >= 11 is 6.11. The summed E-state index contributed by atoms with van der Waals surface area (Å²) in [7, 11) is 0. The molecule has 3 aromatic rings. The summed E-state index contributed by atoms with van der Waals surface area (Å²) in [4.78, 5) is 23.7. The van der Waals surface area contributed by atoms with Crippen LogP contribution in [0.5, 0.6) is 0 Å². The second kappa shape index (κ2) is 11.0. The van der Waals surface area contributed by atoms with E-state index in [1.54, 1.807) is 4.90 Å². The highest BCUT2D eigenvalue weighted by atomic mass is 35.5. The molecule has 0 atom stereocenters. The molecular formula is C28H30ClF2N3O2. The molecule has 1 amide bonds. The molecule has 1 aliphatic heterocycles. The molecule has 8 heteroatoms. The van der Waals surface area contributed by atoms with E-state index >= 15 is 0 Å². The van der Waals surface area contributed by atoms with Crippen LogP contribution < -0.4 is 0 Å². The van der Waals surface area contributed by atoms with Crippen LogP contribution in [0.4, 0.5) is 8.78 Å². The Labute approximate surface area is 215 Å². The van der Waals surface area contributed by atoms with Crippen molar-refractivity contribution < 1.29 is 18.3 Å². The van der Waals surface area contributed by atoms with Gasteiger partial charge in [0.25, 0.3) is 0 Å². The van der Waals surface area contributed by atoms with E-state index in [1.807, 2.05) is 51.2 Å². The summed E-state index contributed by atoms with van der Waals surface area (Å²) in [5.74, 6) is -0.877. The summed E-state index contributed by atoms with van der Waals surface area (Å²) in [5, 5.41) is 0.660. The van der Waals surface area contributed by atoms with Crippen molar-refractivity contribution in [2.45, 2.75) is 58.2 Å². The summed E-state index contributed by atoms with van der Waals surface area (Å²) < 4.78 is 34.3. The Balaban J connectivity index is 1.45. The molecular weight excluding hydrogens is 484 g/mol. The second-order valence-electron chi connectivity index (χ2n) is 9.68. The maximum absolute atomic E-state index is 14.0. The van der Waals surface area contributed by atoms with Gasteiger partial charge >= 0.3 is 0 Å². The van der Waals surface area contributed by atoms with Gasteiger partial charge in [0.1, 0.15) is 17.5 Å². The van der Waals surface area contributed by atoms with Gasteiger partial charge in [0.2, 0.25) is 5.91 Å². The van der Waals surface area contributed by atoms with Gasteiger partial charge in [0.15, 0.2) is 0 Å². The lowest BCUT2D eigenvalue weighted by atomic mass is 9.86. The first-order valence-corrected chi connectivity index (χ1v) is 12.4. The number of carbonyl (C=O) groups is 1. The van der Waals surface area contributed by atoms with Gasteiger partial charge in [0, 0.05) is 41.4 Å². The first kappa shape index (κ1) is 26.2. The highest BCUT2D eigenvalue weighted by molar-refractivity contribution is 6.30. The minimum atomic E-state index is -0.695. The summed E-state index contributed by atoms with van der Waals surface area (Å²) in [5.41, 5.74) is 1.97. The molecule has 36 heavy (non-hydrogen) atoms. The highest BCUT2D eigenvalue weighted by Crippen LogP contribution is 2.36. The maximum atomic E-state index is 14.0. The molecule has 0 unspecified atom stereocenters. The lowest BCUT2D eigenvalue weighted by Gasteiger charge is -2.35. The number of nitrogens with zero attached hydrogens (tertiary/aromatic N) is 3. The van der Waals surface area contributed by atoms with Crippen LogP contribution in [0.15, 0.2) is 48.7 Å². The van der Waals surface area contributed by atoms with E-state index in [4.69, 9.17) is 21.3 Å². The van der Waals surface area contributed by atoms with Gasteiger partial charge in [-0.05, 0) is 63.4 Å². The number of aryl methyl sites for hydroxylation is 1. The molecule has 1 fully saturated rings. The monoisotopic (exact) mass is 513 g/mol. The molecule has 0 aliphatic carbocycles. The molecule has 1 aromatic heterocycles. The molecule has 0 saturated carbocycles. The van der Waals surface area contributed by atoms with Gasteiger partial charge in [-0.25, -0.2) is 18.7 Å².